The maximum absolute atomic E-state index is 4.03. The molecule has 0 amide bonds. The molecule has 0 aromatic heterocycles. The highest BCUT2D eigenvalue weighted by Gasteiger charge is 2.23. The summed E-state index contributed by atoms with van der Waals surface area (Å²) in [7, 11) is 0. The van der Waals surface area contributed by atoms with E-state index in [1.807, 2.05) is 0 Å². The van der Waals surface area contributed by atoms with E-state index in [-0.39, 0.29) is 0 Å². The van der Waals surface area contributed by atoms with Gasteiger partial charge in [0.25, 0.3) is 0 Å². The number of nitrogens with one attached hydrogen (secondary N) is 1. The molecule has 0 radical (unpaired) electrons. The topological polar surface area (TPSA) is 15.3 Å². The van der Waals surface area contributed by atoms with Crippen LogP contribution < -0.4 is 10.2 Å². The first-order valence-electron chi connectivity index (χ1n) is 10.8. The van der Waals surface area contributed by atoms with Crippen LogP contribution in [0.4, 0.5) is 11.4 Å². The zero-order chi connectivity index (χ0) is 18.3. The Morgan fingerprint density at radius 3 is 1.74 bits per heavy atom. The zero-order valence-electron chi connectivity index (χ0n) is 16.4. The third kappa shape index (κ3) is 4.55. The number of rotatable bonds is 5. The monoisotopic (exact) mass is 360 g/mol. The Kier molecular flexibility index (Phi) is 6.13. The summed E-state index contributed by atoms with van der Waals surface area (Å²) in [5, 5.41) is 4.03. The fourth-order valence-electron chi connectivity index (χ4n) is 4.54. The number of benzene rings is 2. The highest BCUT2D eigenvalue weighted by molar-refractivity contribution is 5.68. The van der Waals surface area contributed by atoms with Gasteiger partial charge in [-0.1, -0.05) is 62.1 Å². The molecule has 0 heterocycles. The summed E-state index contributed by atoms with van der Waals surface area (Å²) < 4.78 is 0. The first-order valence-corrected chi connectivity index (χ1v) is 10.8. The summed E-state index contributed by atoms with van der Waals surface area (Å²) >= 11 is 0. The van der Waals surface area contributed by atoms with Gasteiger partial charge in [0.2, 0.25) is 0 Å². The number of para-hydroxylation sites is 2. The van der Waals surface area contributed by atoms with Crippen molar-refractivity contribution in [3.63, 3.8) is 0 Å². The molecule has 2 aliphatic carbocycles. The van der Waals surface area contributed by atoms with E-state index in [0.717, 1.165) is 0 Å². The van der Waals surface area contributed by atoms with Crippen LogP contribution in [-0.4, -0.2) is 6.04 Å². The molecule has 142 valence electrons. The van der Waals surface area contributed by atoms with Crippen LogP contribution in [0.25, 0.3) is 0 Å². The molecule has 2 saturated carbocycles. The van der Waals surface area contributed by atoms with Gasteiger partial charge in [-0.2, -0.15) is 0 Å². The Labute approximate surface area is 164 Å². The third-order valence-corrected chi connectivity index (χ3v) is 5.99. The summed E-state index contributed by atoms with van der Waals surface area (Å²) in [4.78, 5) is 2.47. The smallest absolute Gasteiger partial charge is 0.110 e. The standard InChI is InChI=1S/C25H32N2/c1-5-13-21(14-6-1)25(26-22-15-7-2-8-16-22)27(23-17-9-3-10-18-23)24-19-11-4-12-20-24/h3-4,9-12,17-20,22,26H,1-2,5-8,13-16H2. The Hall–Kier alpha value is -2.22. The van der Waals surface area contributed by atoms with Crippen molar-refractivity contribution in [2.45, 2.75) is 70.3 Å². The second-order valence-corrected chi connectivity index (χ2v) is 8.00. The van der Waals surface area contributed by atoms with E-state index in [4.69, 9.17) is 0 Å². The summed E-state index contributed by atoms with van der Waals surface area (Å²) in [6, 6.07) is 22.4. The lowest BCUT2D eigenvalue weighted by Gasteiger charge is -2.35. The molecule has 4 rings (SSSR count). The second-order valence-electron chi connectivity index (χ2n) is 8.00. The van der Waals surface area contributed by atoms with E-state index in [2.05, 4.69) is 70.9 Å². The van der Waals surface area contributed by atoms with Crippen molar-refractivity contribution in [2.75, 3.05) is 4.90 Å². The molecular weight excluding hydrogens is 328 g/mol. The summed E-state index contributed by atoms with van der Waals surface area (Å²) in [6.07, 6.45) is 13.2. The first kappa shape index (κ1) is 18.2. The molecule has 2 nitrogen and oxygen atoms in total. The number of hydrogen-bond donors (Lipinski definition) is 1. The van der Waals surface area contributed by atoms with E-state index >= 15 is 0 Å². The minimum absolute atomic E-state index is 0.609. The molecule has 0 aliphatic heterocycles. The number of allylic oxidation sites excluding steroid dienone is 1. The second kappa shape index (κ2) is 9.12. The SMILES string of the molecule is c1ccc(N(C(NC2CCCCC2)=C2CCCCC2)c2ccccc2)cc1. The third-order valence-electron chi connectivity index (χ3n) is 5.99. The number of hydrogen-bond acceptors (Lipinski definition) is 2. The van der Waals surface area contributed by atoms with Crippen LogP contribution in [0.1, 0.15) is 64.2 Å². The highest BCUT2D eigenvalue weighted by Crippen LogP contribution is 2.35. The molecule has 1 N–H and O–H groups in total. The van der Waals surface area contributed by atoms with Crippen LogP contribution in [0, 0.1) is 0 Å². The fourth-order valence-corrected chi connectivity index (χ4v) is 4.54. The highest BCUT2D eigenvalue weighted by atomic mass is 15.3. The normalized spacial score (nSPS) is 18.1. The maximum atomic E-state index is 4.03. The minimum Gasteiger partial charge on any atom is -0.368 e. The van der Waals surface area contributed by atoms with Gasteiger partial charge < -0.3 is 5.32 Å². The summed E-state index contributed by atoms with van der Waals surface area (Å²) in [6.45, 7) is 0. The molecule has 2 aromatic carbocycles. The van der Waals surface area contributed by atoms with Crippen LogP contribution in [0.5, 0.6) is 0 Å². The lowest BCUT2D eigenvalue weighted by atomic mass is 9.92. The molecule has 0 atom stereocenters. The van der Waals surface area contributed by atoms with Crippen molar-refractivity contribution >= 4 is 11.4 Å². The molecule has 2 aliphatic rings. The van der Waals surface area contributed by atoms with E-state index in [0.29, 0.717) is 6.04 Å². The van der Waals surface area contributed by atoms with Crippen molar-refractivity contribution < 1.29 is 0 Å². The van der Waals surface area contributed by atoms with Crippen molar-refractivity contribution in [1.82, 2.24) is 5.32 Å². The Morgan fingerprint density at radius 1 is 0.667 bits per heavy atom. The van der Waals surface area contributed by atoms with Crippen molar-refractivity contribution in [3.8, 4) is 0 Å². The Balaban J connectivity index is 1.75. The van der Waals surface area contributed by atoms with E-state index in [1.165, 1.54) is 81.4 Å². The lowest BCUT2D eigenvalue weighted by molar-refractivity contribution is 0.391. The van der Waals surface area contributed by atoms with Crippen molar-refractivity contribution in [2.24, 2.45) is 0 Å². The van der Waals surface area contributed by atoms with Crippen LogP contribution in [0.15, 0.2) is 72.1 Å². The molecule has 0 unspecified atom stereocenters. The molecule has 2 fully saturated rings. The first-order chi connectivity index (χ1) is 13.4. The summed E-state index contributed by atoms with van der Waals surface area (Å²) in [5.74, 6) is 1.36. The van der Waals surface area contributed by atoms with Crippen molar-refractivity contribution in [3.05, 3.63) is 72.1 Å². The summed E-state index contributed by atoms with van der Waals surface area (Å²) in [5.41, 5.74) is 4.11. The average Bonchev–Trinajstić information content (AvgIpc) is 2.76. The van der Waals surface area contributed by atoms with Crippen LogP contribution >= 0.6 is 0 Å². The molecule has 0 spiro atoms. The molecule has 0 saturated heterocycles. The van der Waals surface area contributed by atoms with Gasteiger partial charge in [0.15, 0.2) is 0 Å². The quantitative estimate of drug-likeness (QED) is 0.622. The number of anilines is 2. The number of nitrogens with zero attached hydrogens (tertiary/aromatic N) is 1. The Bertz CT molecular complexity index is 682. The van der Waals surface area contributed by atoms with Gasteiger partial charge in [-0.25, -0.2) is 0 Å². The van der Waals surface area contributed by atoms with Gasteiger partial charge in [-0.15, -0.1) is 0 Å². The van der Waals surface area contributed by atoms with Crippen LogP contribution in [0.3, 0.4) is 0 Å². The van der Waals surface area contributed by atoms with E-state index < -0.39 is 0 Å². The molecule has 2 heteroatoms. The zero-order valence-corrected chi connectivity index (χ0v) is 16.4. The van der Waals surface area contributed by atoms with Gasteiger partial charge in [0, 0.05) is 17.4 Å². The van der Waals surface area contributed by atoms with E-state index in [9.17, 15) is 0 Å². The van der Waals surface area contributed by atoms with E-state index in [1.54, 1.807) is 5.57 Å². The predicted octanol–water partition coefficient (Wildman–Crippen LogP) is 6.92. The Morgan fingerprint density at radius 2 is 1.19 bits per heavy atom. The van der Waals surface area contributed by atoms with Gasteiger partial charge in [0.1, 0.15) is 5.82 Å². The van der Waals surface area contributed by atoms with Gasteiger partial charge in [-0.3, -0.25) is 4.90 Å². The van der Waals surface area contributed by atoms with Gasteiger partial charge in [0.05, 0.1) is 0 Å². The molecule has 0 bridgehead atoms. The van der Waals surface area contributed by atoms with Gasteiger partial charge >= 0.3 is 0 Å². The molecular formula is C25H32N2. The molecule has 2 aromatic rings. The minimum atomic E-state index is 0.609. The van der Waals surface area contributed by atoms with Crippen molar-refractivity contribution in [1.29, 1.82) is 0 Å². The average molecular weight is 361 g/mol. The fraction of sp³-hybridized carbons (Fsp3) is 0.440. The predicted molar refractivity (Wildman–Crippen MR) is 115 cm³/mol. The van der Waals surface area contributed by atoms with Crippen LogP contribution in [-0.2, 0) is 0 Å². The lowest BCUT2D eigenvalue weighted by Crippen LogP contribution is -2.38. The molecule has 27 heavy (non-hydrogen) atoms. The van der Waals surface area contributed by atoms with Crippen LogP contribution in [0.2, 0.25) is 0 Å². The maximum Gasteiger partial charge on any atom is 0.110 e. The van der Waals surface area contributed by atoms with Gasteiger partial charge in [-0.05, 0) is 68.4 Å². The largest absolute Gasteiger partial charge is 0.368 e.